The zero-order chi connectivity index (χ0) is 23.7. The molecule has 0 saturated carbocycles. The van der Waals surface area contributed by atoms with Gasteiger partial charge in [0.15, 0.2) is 0 Å². The molecule has 1 aliphatic rings. The fourth-order valence-corrected chi connectivity index (χ4v) is 3.87. The minimum absolute atomic E-state index is 0.00266. The van der Waals surface area contributed by atoms with Crippen molar-refractivity contribution in [3.8, 4) is 0 Å². The van der Waals surface area contributed by atoms with Gasteiger partial charge in [0.25, 0.3) is 11.2 Å². The largest absolute Gasteiger partial charge is 0.326 e. The van der Waals surface area contributed by atoms with Crippen molar-refractivity contribution in [1.82, 2.24) is 9.97 Å². The molecule has 4 N–H and O–H groups in total. The van der Waals surface area contributed by atoms with Gasteiger partial charge in [-0.15, -0.1) is 0 Å². The first kappa shape index (κ1) is 22.2. The predicted octanol–water partition coefficient (Wildman–Crippen LogP) is 3.79. The highest BCUT2D eigenvalue weighted by Gasteiger charge is 2.35. The third-order valence-electron chi connectivity index (χ3n) is 4.72. The van der Waals surface area contributed by atoms with Crippen LogP contribution in [0.4, 0.5) is 28.8 Å². The number of nitro groups is 1. The summed E-state index contributed by atoms with van der Waals surface area (Å²) in [6, 6.07) is 9.95. The summed E-state index contributed by atoms with van der Waals surface area (Å²) in [5.74, 6) is -2.43. The number of nitro benzene ring substituents is 1. The number of carbonyl (C=O) groups excluding carboxylic acids is 2. The van der Waals surface area contributed by atoms with Crippen molar-refractivity contribution < 1.29 is 14.5 Å². The molecule has 0 saturated heterocycles. The van der Waals surface area contributed by atoms with E-state index in [0.29, 0.717) is 15.7 Å². The van der Waals surface area contributed by atoms with Gasteiger partial charge in [-0.3, -0.25) is 29.5 Å². The second-order valence-corrected chi connectivity index (χ2v) is 7.93. The number of halogens is 2. The Hall–Kier alpha value is -3.96. The molecule has 4 rings (SSSR count). The van der Waals surface area contributed by atoms with E-state index in [9.17, 15) is 24.5 Å². The van der Waals surface area contributed by atoms with E-state index in [0.717, 1.165) is 0 Å². The van der Waals surface area contributed by atoms with E-state index in [2.05, 4.69) is 25.9 Å². The van der Waals surface area contributed by atoms with Crippen LogP contribution in [0.15, 0.2) is 47.3 Å². The number of benzene rings is 2. The van der Waals surface area contributed by atoms with Crippen LogP contribution in [0.1, 0.15) is 17.9 Å². The Morgan fingerprint density at radius 3 is 2.55 bits per heavy atom. The molecule has 0 unspecified atom stereocenters. The zero-order valence-corrected chi connectivity index (χ0v) is 18.0. The second kappa shape index (κ2) is 8.88. The Morgan fingerprint density at radius 2 is 1.85 bits per heavy atom. The number of anilines is 4. The number of nitrogens with one attached hydrogen (secondary N) is 4. The average molecular weight is 489 g/mol. The van der Waals surface area contributed by atoms with Crippen molar-refractivity contribution in [2.75, 3.05) is 16.0 Å². The molecule has 1 aliphatic heterocycles. The van der Waals surface area contributed by atoms with E-state index in [1.165, 1.54) is 30.3 Å². The van der Waals surface area contributed by atoms with Crippen LogP contribution in [0.25, 0.3) is 0 Å². The van der Waals surface area contributed by atoms with Gasteiger partial charge >= 0.3 is 0 Å². The van der Waals surface area contributed by atoms with Gasteiger partial charge in [0.1, 0.15) is 5.82 Å². The topological polar surface area (TPSA) is 159 Å². The van der Waals surface area contributed by atoms with Crippen LogP contribution < -0.4 is 21.5 Å². The van der Waals surface area contributed by atoms with Crippen LogP contribution in [0.2, 0.25) is 10.0 Å². The third kappa shape index (κ3) is 4.94. The first-order valence-electron chi connectivity index (χ1n) is 9.42. The van der Waals surface area contributed by atoms with Gasteiger partial charge in [0.2, 0.25) is 17.8 Å². The lowest BCUT2D eigenvalue weighted by Crippen LogP contribution is -2.36. The number of aromatic nitrogens is 2. The van der Waals surface area contributed by atoms with Gasteiger partial charge in [-0.2, -0.15) is 4.98 Å². The fraction of sp³-hybridized carbons (Fsp3) is 0.100. The van der Waals surface area contributed by atoms with Gasteiger partial charge in [-0.25, -0.2) is 0 Å². The number of hydrogen-bond donors (Lipinski definition) is 4. The lowest BCUT2D eigenvalue weighted by Gasteiger charge is -2.23. The molecular weight excluding hydrogens is 475 g/mol. The van der Waals surface area contributed by atoms with Gasteiger partial charge in [0.05, 0.1) is 16.4 Å². The number of carbonyl (C=O) groups is 2. The van der Waals surface area contributed by atoms with Crippen molar-refractivity contribution in [1.29, 1.82) is 0 Å². The molecule has 2 aromatic carbocycles. The summed E-state index contributed by atoms with van der Waals surface area (Å²) < 4.78 is 0. The lowest BCUT2D eigenvalue weighted by molar-refractivity contribution is -0.384. The van der Waals surface area contributed by atoms with Crippen molar-refractivity contribution in [2.24, 2.45) is 0 Å². The van der Waals surface area contributed by atoms with Crippen LogP contribution in [-0.2, 0) is 9.59 Å². The van der Waals surface area contributed by atoms with E-state index >= 15 is 0 Å². The molecule has 0 fully saturated rings. The Morgan fingerprint density at radius 1 is 1.12 bits per heavy atom. The number of aromatic amines is 1. The summed E-state index contributed by atoms with van der Waals surface area (Å²) in [5.41, 5.74) is -0.298. The summed E-state index contributed by atoms with van der Waals surface area (Å²) >= 11 is 11.9. The molecule has 3 aromatic rings. The molecule has 0 spiro atoms. The first-order valence-corrected chi connectivity index (χ1v) is 10.2. The van der Waals surface area contributed by atoms with Crippen molar-refractivity contribution in [3.63, 3.8) is 0 Å². The second-order valence-electron chi connectivity index (χ2n) is 7.06. The Bertz CT molecular complexity index is 1340. The molecule has 1 atom stereocenters. The lowest BCUT2D eigenvalue weighted by atomic mass is 9.92. The molecule has 33 heavy (non-hydrogen) atoms. The van der Waals surface area contributed by atoms with Gasteiger partial charge < -0.3 is 16.0 Å². The molecule has 0 aliphatic carbocycles. The van der Waals surface area contributed by atoms with Crippen LogP contribution in [-0.4, -0.2) is 26.7 Å². The number of non-ortho nitro benzene ring substituents is 1. The molecule has 13 heteroatoms. The van der Waals surface area contributed by atoms with E-state index in [1.807, 2.05) is 0 Å². The Balaban J connectivity index is 1.63. The van der Waals surface area contributed by atoms with Crippen molar-refractivity contribution >= 4 is 63.8 Å². The minimum atomic E-state index is -1.15. The zero-order valence-electron chi connectivity index (χ0n) is 16.5. The smallest absolute Gasteiger partial charge is 0.271 e. The van der Waals surface area contributed by atoms with Gasteiger partial charge in [-0.1, -0.05) is 29.3 Å². The van der Waals surface area contributed by atoms with E-state index in [1.54, 1.807) is 12.1 Å². The number of hydrogen-bond acceptors (Lipinski definition) is 7. The average Bonchev–Trinajstić information content (AvgIpc) is 2.72. The monoisotopic (exact) mass is 488 g/mol. The highest BCUT2D eigenvalue weighted by molar-refractivity contribution is 6.35. The van der Waals surface area contributed by atoms with E-state index in [4.69, 9.17) is 23.2 Å². The molecule has 2 amide bonds. The van der Waals surface area contributed by atoms with Crippen LogP contribution in [0.3, 0.4) is 0 Å². The molecule has 0 radical (unpaired) electrons. The SMILES string of the molecule is O=C1C[C@@H](C(=O)Nc2cccc([N+](=O)[O-])c2)c2c(nc(Nc3cc(Cl)cc(Cl)c3)[nH]c2=O)N1. The number of rotatable bonds is 5. The number of fused-ring (bicyclic) bond motifs is 1. The molecular formula is C20H14Cl2N6O5. The number of amides is 2. The molecule has 0 bridgehead atoms. The Labute approximate surface area is 195 Å². The molecule has 168 valence electrons. The van der Waals surface area contributed by atoms with Crippen LogP contribution >= 0.6 is 23.2 Å². The number of nitrogens with zero attached hydrogens (tertiary/aromatic N) is 2. The summed E-state index contributed by atoms with van der Waals surface area (Å²) in [5, 5.41) is 19.5. The van der Waals surface area contributed by atoms with E-state index in [-0.39, 0.29) is 35.1 Å². The predicted molar refractivity (Wildman–Crippen MR) is 122 cm³/mol. The molecule has 2 heterocycles. The van der Waals surface area contributed by atoms with Crippen LogP contribution in [0, 0.1) is 10.1 Å². The summed E-state index contributed by atoms with van der Waals surface area (Å²) in [7, 11) is 0. The van der Waals surface area contributed by atoms with Crippen molar-refractivity contribution in [2.45, 2.75) is 12.3 Å². The minimum Gasteiger partial charge on any atom is -0.326 e. The van der Waals surface area contributed by atoms with Gasteiger partial charge in [-0.05, 0) is 24.3 Å². The van der Waals surface area contributed by atoms with E-state index < -0.39 is 28.2 Å². The Kier molecular flexibility index (Phi) is 5.99. The summed E-state index contributed by atoms with van der Waals surface area (Å²) in [6.07, 6.45) is -0.296. The van der Waals surface area contributed by atoms with Crippen LogP contribution in [0.5, 0.6) is 0 Å². The maximum atomic E-state index is 12.9. The third-order valence-corrected chi connectivity index (χ3v) is 5.15. The highest BCUT2D eigenvalue weighted by atomic mass is 35.5. The summed E-state index contributed by atoms with van der Waals surface area (Å²) in [4.78, 5) is 55.0. The fourth-order valence-electron chi connectivity index (χ4n) is 3.34. The van der Waals surface area contributed by atoms with Crippen molar-refractivity contribution in [3.05, 3.63) is 78.5 Å². The normalized spacial score (nSPS) is 14.7. The number of H-pyrrole nitrogens is 1. The first-order chi connectivity index (χ1) is 15.7. The summed E-state index contributed by atoms with van der Waals surface area (Å²) in [6.45, 7) is 0. The standard InChI is InChI=1S/C20H14Cl2N6O5/c21-9-4-10(22)6-12(5-9)24-20-26-17-16(19(31)27-20)14(8-15(29)25-17)18(30)23-11-2-1-3-13(7-11)28(32)33/h1-7,14H,8H2,(H,23,30)(H3,24,25,26,27,29,31)/t14-/m1/s1. The maximum Gasteiger partial charge on any atom is 0.271 e. The molecule has 11 nitrogen and oxygen atoms in total. The maximum absolute atomic E-state index is 12.9. The highest BCUT2D eigenvalue weighted by Crippen LogP contribution is 2.31. The molecule has 1 aromatic heterocycles. The van der Waals surface area contributed by atoms with Gasteiger partial charge in [0, 0.05) is 40.0 Å². The quantitative estimate of drug-likeness (QED) is 0.313.